The van der Waals surface area contributed by atoms with Crippen molar-refractivity contribution in [3.8, 4) is 0 Å². The fourth-order valence-corrected chi connectivity index (χ4v) is 6.86. The van der Waals surface area contributed by atoms with Crippen LogP contribution in [0.2, 0.25) is 0 Å². The van der Waals surface area contributed by atoms with E-state index in [2.05, 4.69) is 20.4 Å². The normalized spacial score (nSPS) is 51.0. The molecule has 0 aromatic heterocycles. The summed E-state index contributed by atoms with van der Waals surface area (Å²) in [7, 11) is 0. The largest absolute Gasteiger partial charge is 0.461 e. The lowest BCUT2D eigenvalue weighted by Gasteiger charge is -2.61. The molecule has 158 valence electrons. The maximum Gasteiger partial charge on any atom is 0.316 e. The molecule has 3 aliphatic rings. The van der Waals surface area contributed by atoms with Crippen LogP contribution < -0.4 is 0 Å². The number of rotatable bonds is 3. The number of carbonyl (C=O) groups is 2. The van der Waals surface area contributed by atoms with Crippen molar-refractivity contribution < 1.29 is 24.5 Å². The van der Waals surface area contributed by atoms with Gasteiger partial charge in [-0.15, -0.1) is 6.58 Å². The first-order valence-corrected chi connectivity index (χ1v) is 11.8. The van der Waals surface area contributed by atoms with E-state index in [9.17, 15) is 19.8 Å². The van der Waals surface area contributed by atoms with Crippen LogP contribution in [0.4, 0.5) is 0 Å². The number of halogens is 1. The van der Waals surface area contributed by atoms with Gasteiger partial charge >= 0.3 is 5.97 Å². The zero-order chi connectivity index (χ0) is 21.1. The highest BCUT2D eigenvalue weighted by molar-refractivity contribution is 14.1. The molecule has 9 atom stereocenters. The number of aliphatic hydroxyl groups excluding tert-OH is 2. The van der Waals surface area contributed by atoms with E-state index in [0.717, 1.165) is 12.8 Å². The Kier molecular flexibility index (Phi) is 5.83. The third kappa shape index (κ3) is 2.92. The fourth-order valence-electron chi connectivity index (χ4n) is 6.68. The van der Waals surface area contributed by atoms with E-state index in [-0.39, 0.29) is 28.0 Å². The maximum atomic E-state index is 13.3. The van der Waals surface area contributed by atoms with Gasteiger partial charge in [-0.25, -0.2) is 0 Å². The molecule has 5 nitrogen and oxygen atoms in total. The molecule has 0 saturated heterocycles. The van der Waals surface area contributed by atoms with Gasteiger partial charge < -0.3 is 14.9 Å². The van der Waals surface area contributed by atoms with Gasteiger partial charge in [0.2, 0.25) is 0 Å². The lowest BCUT2D eigenvalue weighted by atomic mass is 9.44. The second kappa shape index (κ2) is 7.34. The van der Waals surface area contributed by atoms with Crippen molar-refractivity contribution >= 4 is 34.3 Å². The monoisotopic (exact) mass is 504 g/mol. The second-order valence-electron chi connectivity index (χ2n) is 9.85. The number of esters is 1. The number of Topliss-reactive ketones (excluding diaryl/α,β-unsaturated/α-hetero) is 1. The van der Waals surface area contributed by atoms with E-state index < -0.39 is 40.5 Å². The zero-order valence-corrected chi connectivity index (χ0v) is 19.4. The van der Waals surface area contributed by atoms with Crippen molar-refractivity contribution in [1.82, 2.24) is 0 Å². The highest BCUT2D eigenvalue weighted by Crippen LogP contribution is 2.67. The van der Waals surface area contributed by atoms with Crippen molar-refractivity contribution in [3.63, 3.8) is 0 Å². The third-order valence-corrected chi connectivity index (χ3v) is 9.33. The van der Waals surface area contributed by atoms with Crippen LogP contribution in [0.25, 0.3) is 0 Å². The number of ketones is 1. The minimum absolute atomic E-state index is 0.147. The molecular formula is C22H33IO5. The van der Waals surface area contributed by atoms with Crippen molar-refractivity contribution in [2.75, 3.05) is 4.43 Å². The van der Waals surface area contributed by atoms with Gasteiger partial charge in [0.15, 0.2) is 5.78 Å². The Hall–Kier alpha value is -0.470. The van der Waals surface area contributed by atoms with Crippen LogP contribution in [0.5, 0.6) is 0 Å². The number of carbonyl (C=O) groups excluding carboxylic acids is 2. The predicted molar refractivity (Wildman–Crippen MR) is 115 cm³/mol. The van der Waals surface area contributed by atoms with Crippen molar-refractivity contribution in [3.05, 3.63) is 12.7 Å². The quantitative estimate of drug-likeness (QED) is 0.267. The Morgan fingerprint density at radius 2 is 1.96 bits per heavy atom. The summed E-state index contributed by atoms with van der Waals surface area (Å²) in [6.45, 7) is 12.1. The van der Waals surface area contributed by atoms with Gasteiger partial charge in [0, 0.05) is 16.7 Å². The SMILES string of the molecule is C=C[C@]1(C)C[C@@H](OC(=O)CI)[C@]2(C)[C@H](C)CC[C@]3(C[C@H](O)C(=O)[C@H]32)[C@@H](C)[C@@H]1O. The van der Waals surface area contributed by atoms with Gasteiger partial charge in [0.25, 0.3) is 0 Å². The van der Waals surface area contributed by atoms with Crippen molar-refractivity contribution in [2.45, 2.75) is 71.7 Å². The van der Waals surface area contributed by atoms with Gasteiger partial charge in [0.05, 0.1) is 10.5 Å². The molecule has 0 radical (unpaired) electrons. The Bertz CT molecular complexity index is 680. The van der Waals surface area contributed by atoms with E-state index in [1.165, 1.54) is 0 Å². The predicted octanol–water partition coefficient (Wildman–Crippen LogP) is 3.30. The Morgan fingerprint density at radius 1 is 1.32 bits per heavy atom. The first-order chi connectivity index (χ1) is 13.0. The molecule has 6 heteroatoms. The van der Waals surface area contributed by atoms with E-state index >= 15 is 0 Å². The molecule has 2 bridgehead atoms. The molecule has 3 rings (SSSR count). The van der Waals surface area contributed by atoms with Crippen LogP contribution in [0.1, 0.15) is 53.4 Å². The van der Waals surface area contributed by atoms with E-state index in [1.807, 2.05) is 36.4 Å². The molecule has 0 heterocycles. The van der Waals surface area contributed by atoms with E-state index in [1.54, 1.807) is 6.08 Å². The number of hydrogen-bond donors (Lipinski definition) is 2. The fraction of sp³-hybridized carbons (Fsp3) is 0.818. The van der Waals surface area contributed by atoms with Gasteiger partial charge in [0.1, 0.15) is 12.2 Å². The number of hydrogen-bond acceptors (Lipinski definition) is 5. The molecule has 3 saturated carbocycles. The van der Waals surface area contributed by atoms with Crippen LogP contribution >= 0.6 is 22.6 Å². The van der Waals surface area contributed by atoms with Crippen LogP contribution in [0.15, 0.2) is 12.7 Å². The summed E-state index contributed by atoms with van der Waals surface area (Å²) in [5.41, 5.74) is -1.73. The second-order valence-corrected chi connectivity index (χ2v) is 10.6. The van der Waals surface area contributed by atoms with Crippen LogP contribution in [0, 0.1) is 34.0 Å². The van der Waals surface area contributed by atoms with Gasteiger partial charge in [-0.1, -0.05) is 56.4 Å². The molecule has 0 spiro atoms. The molecular weight excluding hydrogens is 471 g/mol. The Labute approximate surface area is 181 Å². The molecule has 0 aromatic carbocycles. The molecule has 0 aromatic rings. The zero-order valence-electron chi connectivity index (χ0n) is 17.3. The number of ether oxygens (including phenoxy) is 1. The average molecular weight is 504 g/mol. The molecule has 28 heavy (non-hydrogen) atoms. The van der Waals surface area contributed by atoms with Crippen molar-refractivity contribution in [1.29, 1.82) is 0 Å². The van der Waals surface area contributed by atoms with E-state index in [4.69, 9.17) is 4.74 Å². The molecule has 2 N–H and O–H groups in total. The average Bonchev–Trinajstić information content (AvgIpc) is 2.94. The highest BCUT2D eigenvalue weighted by Gasteiger charge is 2.70. The molecule has 0 unspecified atom stereocenters. The summed E-state index contributed by atoms with van der Waals surface area (Å²) < 4.78 is 6.20. The first-order valence-electron chi connectivity index (χ1n) is 10.3. The maximum absolute atomic E-state index is 13.3. The summed E-state index contributed by atoms with van der Waals surface area (Å²) in [6.07, 6.45) is 1.96. The van der Waals surface area contributed by atoms with Gasteiger partial charge in [-0.05, 0) is 42.9 Å². The van der Waals surface area contributed by atoms with Gasteiger partial charge in [-0.3, -0.25) is 9.59 Å². The molecule has 3 fully saturated rings. The standard InChI is InChI=1S/C22H33IO5/c1-6-20(4)10-15(28-16(25)11-23)21(5)12(2)7-8-22(13(3)19(20)27)9-14(24)17(26)18(21)22/h6,12-15,18-19,24,27H,1,7-11H2,2-5H3/t12-,13+,14+,15-,18+,19+,20-,21+,22+/m1/s1. The first kappa shape index (κ1) is 22.2. The summed E-state index contributed by atoms with van der Waals surface area (Å²) in [6, 6.07) is 0. The summed E-state index contributed by atoms with van der Waals surface area (Å²) in [5.74, 6) is -0.899. The highest BCUT2D eigenvalue weighted by atomic mass is 127. The minimum Gasteiger partial charge on any atom is -0.461 e. The van der Waals surface area contributed by atoms with Crippen LogP contribution in [0.3, 0.4) is 0 Å². The molecule has 0 amide bonds. The molecule has 0 aliphatic heterocycles. The summed E-state index contributed by atoms with van der Waals surface area (Å²) in [4.78, 5) is 25.6. The van der Waals surface area contributed by atoms with Crippen molar-refractivity contribution in [2.24, 2.45) is 34.0 Å². The van der Waals surface area contributed by atoms with Crippen LogP contribution in [-0.2, 0) is 14.3 Å². The topological polar surface area (TPSA) is 83.8 Å². The lowest BCUT2D eigenvalue weighted by molar-refractivity contribution is -0.205. The lowest BCUT2D eigenvalue weighted by Crippen LogP contribution is -2.63. The molecule has 3 aliphatic carbocycles. The summed E-state index contributed by atoms with van der Waals surface area (Å²) >= 11 is 1.99. The smallest absolute Gasteiger partial charge is 0.316 e. The third-order valence-electron chi connectivity index (χ3n) is 8.71. The minimum atomic E-state index is -1.02. The summed E-state index contributed by atoms with van der Waals surface area (Å²) in [5, 5.41) is 22.0. The van der Waals surface area contributed by atoms with E-state index in [0.29, 0.717) is 12.8 Å². The Balaban J connectivity index is 2.24. The Morgan fingerprint density at radius 3 is 2.54 bits per heavy atom. The van der Waals surface area contributed by atoms with Gasteiger partial charge in [-0.2, -0.15) is 0 Å². The number of aliphatic hydroxyl groups is 2. The number of alkyl halides is 1. The van der Waals surface area contributed by atoms with Crippen LogP contribution in [-0.4, -0.2) is 44.7 Å².